The van der Waals surface area contributed by atoms with Crippen LogP contribution >= 0.6 is 0 Å². The Morgan fingerprint density at radius 2 is 1.72 bits per heavy atom. The predicted molar refractivity (Wildman–Crippen MR) is 120 cm³/mol. The Bertz CT molecular complexity index is 1080. The maximum Gasteiger partial charge on any atom is 0.261 e. The van der Waals surface area contributed by atoms with Crippen molar-refractivity contribution in [3.8, 4) is 0 Å². The molecule has 0 saturated heterocycles. The molecular formula is C23H28FN3O4S. The Labute approximate surface area is 187 Å². The second-order valence-electron chi connectivity index (χ2n) is 7.98. The van der Waals surface area contributed by atoms with E-state index in [1.54, 1.807) is 19.1 Å². The van der Waals surface area contributed by atoms with Gasteiger partial charge in [0.1, 0.15) is 5.82 Å². The zero-order chi connectivity index (χ0) is 23.1. The smallest absolute Gasteiger partial charge is 0.261 e. The number of benzene rings is 2. The fraction of sp³-hybridized carbons (Fsp3) is 0.391. The van der Waals surface area contributed by atoms with E-state index in [1.807, 2.05) is 0 Å². The standard InChI is InChI=1S/C23H28FN3O4S/c1-16-10-11-20(15-21(16)24)32(30,31)27-19-9-5-8-18(14-19)23(29)26-13-12-25-22(28)17-6-3-2-4-7-17/h5,8-11,14-15,17,27H,2-4,6-7,12-13H2,1H3,(H,25,28)(H,26,29). The van der Waals surface area contributed by atoms with Crippen molar-refractivity contribution in [2.45, 2.75) is 43.9 Å². The van der Waals surface area contributed by atoms with Gasteiger partial charge in [-0.3, -0.25) is 14.3 Å². The average molecular weight is 462 g/mol. The first kappa shape index (κ1) is 23.7. The molecule has 3 N–H and O–H groups in total. The summed E-state index contributed by atoms with van der Waals surface area (Å²) in [7, 11) is -4.01. The van der Waals surface area contributed by atoms with Crippen molar-refractivity contribution in [1.29, 1.82) is 0 Å². The maximum atomic E-state index is 13.8. The van der Waals surface area contributed by atoms with Crippen LogP contribution < -0.4 is 15.4 Å². The van der Waals surface area contributed by atoms with Crippen LogP contribution in [0.1, 0.15) is 48.0 Å². The van der Waals surface area contributed by atoms with E-state index < -0.39 is 15.8 Å². The van der Waals surface area contributed by atoms with Gasteiger partial charge >= 0.3 is 0 Å². The lowest BCUT2D eigenvalue weighted by atomic mass is 9.89. The molecule has 172 valence electrons. The maximum absolute atomic E-state index is 13.8. The fourth-order valence-corrected chi connectivity index (χ4v) is 4.71. The summed E-state index contributed by atoms with van der Waals surface area (Å²) in [6.07, 6.45) is 5.16. The van der Waals surface area contributed by atoms with E-state index >= 15 is 0 Å². The van der Waals surface area contributed by atoms with Crippen molar-refractivity contribution in [2.75, 3.05) is 17.8 Å². The molecule has 0 heterocycles. The molecule has 2 aromatic rings. The molecule has 1 fully saturated rings. The van der Waals surface area contributed by atoms with Crippen LogP contribution in [0.15, 0.2) is 47.4 Å². The van der Waals surface area contributed by atoms with Gasteiger partial charge in [-0.15, -0.1) is 0 Å². The van der Waals surface area contributed by atoms with E-state index in [9.17, 15) is 22.4 Å². The molecule has 1 aliphatic rings. The summed E-state index contributed by atoms with van der Waals surface area (Å²) >= 11 is 0. The number of rotatable bonds is 8. The summed E-state index contributed by atoms with van der Waals surface area (Å²) in [4.78, 5) is 24.3. The van der Waals surface area contributed by atoms with Crippen LogP contribution in [-0.4, -0.2) is 33.3 Å². The van der Waals surface area contributed by atoms with Crippen LogP contribution in [0.25, 0.3) is 0 Å². The molecule has 1 saturated carbocycles. The summed E-state index contributed by atoms with van der Waals surface area (Å²) in [6.45, 7) is 2.13. The lowest BCUT2D eigenvalue weighted by Crippen LogP contribution is -2.38. The summed E-state index contributed by atoms with van der Waals surface area (Å²) in [5.74, 6) is -0.912. The van der Waals surface area contributed by atoms with Crippen LogP contribution in [0.4, 0.5) is 10.1 Å². The van der Waals surface area contributed by atoms with Crippen LogP contribution in [0.2, 0.25) is 0 Å². The molecule has 0 aromatic heterocycles. The zero-order valence-electron chi connectivity index (χ0n) is 18.0. The van der Waals surface area contributed by atoms with Crippen LogP contribution in [-0.2, 0) is 14.8 Å². The number of hydrogen-bond acceptors (Lipinski definition) is 4. The number of nitrogens with one attached hydrogen (secondary N) is 3. The van der Waals surface area contributed by atoms with Gasteiger partial charge in [0.05, 0.1) is 4.90 Å². The third kappa shape index (κ3) is 6.29. The SMILES string of the molecule is Cc1ccc(S(=O)(=O)Nc2cccc(C(=O)NCCNC(=O)C3CCCCC3)c2)cc1F. The van der Waals surface area contributed by atoms with Gasteiger partial charge in [-0.2, -0.15) is 0 Å². The van der Waals surface area contributed by atoms with E-state index in [1.165, 1.54) is 30.7 Å². The topological polar surface area (TPSA) is 104 Å². The number of carbonyl (C=O) groups excluding carboxylic acids is 2. The summed E-state index contributed by atoms with van der Waals surface area (Å²) in [6, 6.07) is 9.67. The molecule has 0 bridgehead atoms. The number of anilines is 1. The molecule has 0 radical (unpaired) electrons. The minimum atomic E-state index is -4.01. The Hall–Kier alpha value is -2.94. The quantitative estimate of drug-likeness (QED) is 0.524. The van der Waals surface area contributed by atoms with E-state index in [0.29, 0.717) is 12.1 Å². The van der Waals surface area contributed by atoms with Crippen LogP contribution in [0, 0.1) is 18.7 Å². The Morgan fingerprint density at radius 3 is 2.44 bits per heavy atom. The van der Waals surface area contributed by atoms with E-state index in [-0.39, 0.29) is 40.4 Å². The van der Waals surface area contributed by atoms with E-state index in [4.69, 9.17) is 0 Å². The van der Waals surface area contributed by atoms with Crippen molar-refractivity contribution in [3.63, 3.8) is 0 Å². The summed E-state index contributed by atoms with van der Waals surface area (Å²) < 4.78 is 41.2. The van der Waals surface area contributed by atoms with Gasteiger partial charge in [-0.05, 0) is 55.7 Å². The number of aryl methyl sites for hydroxylation is 1. The van der Waals surface area contributed by atoms with Crippen molar-refractivity contribution in [3.05, 3.63) is 59.4 Å². The third-order valence-corrected chi connectivity index (χ3v) is 6.90. The number of hydrogen-bond donors (Lipinski definition) is 3. The largest absolute Gasteiger partial charge is 0.354 e. The highest BCUT2D eigenvalue weighted by molar-refractivity contribution is 7.92. The first-order chi connectivity index (χ1) is 15.3. The molecular weight excluding hydrogens is 433 g/mol. The molecule has 2 aromatic carbocycles. The Morgan fingerprint density at radius 1 is 1.00 bits per heavy atom. The van der Waals surface area contributed by atoms with Crippen molar-refractivity contribution in [1.82, 2.24) is 10.6 Å². The highest BCUT2D eigenvalue weighted by atomic mass is 32.2. The molecule has 32 heavy (non-hydrogen) atoms. The Balaban J connectivity index is 1.53. The third-order valence-electron chi connectivity index (χ3n) is 5.52. The van der Waals surface area contributed by atoms with Gasteiger partial charge in [-0.1, -0.05) is 31.4 Å². The molecule has 2 amide bonds. The van der Waals surface area contributed by atoms with Crippen molar-refractivity contribution in [2.24, 2.45) is 5.92 Å². The van der Waals surface area contributed by atoms with Gasteiger partial charge in [-0.25, -0.2) is 12.8 Å². The second-order valence-corrected chi connectivity index (χ2v) is 9.66. The number of sulfonamides is 1. The molecule has 3 rings (SSSR count). The molecule has 0 unspecified atom stereocenters. The van der Waals surface area contributed by atoms with Gasteiger partial charge < -0.3 is 10.6 Å². The fourth-order valence-electron chi connectivity index (χ4n) is 3.65. The molecule has 0 spiro atoms. The van der Waals surface area contributed by atoms with E-state index in [2.05, 4.69) is 15.4 Å². The van der Waals surface area contributed by atoms with Crippen molar-refractivity contribution >= 4 is 27.5 Å². The van der Waals surface area contributed by atoms with Gasteiger partial charge in [0.2, 0.25) is 5.91 Å². The molecule has 1 aliphatic carbocycles. The highest BCUT2D eigenvalue weighted by Gasteiger charge is 2.20. The number of halogens is 1. The molecule has 7 nitrogen and oxygen atoms in total. The van der Waals surface area contributed by atoms with Crippen molar-refractivity contribution < 1.29 is 22.4 Å². The minimum absolute atomic E-state index is 0.0305. The highest BCUT2D eigenvalue weighted by Crippen LogP contribution is 2.23. The number of amides is 2. The normalized spacial score (nSPS) is 14.6. The zero-order valence-corrected chi connectivity index (χ0v) is 18.8. The minimum Gasteiger partial charge on any atom is -0.354 e. The Kier molecular flexibility index (Phi) is 7.84. The van der Waals surface area contributed by atoms with Crippen LogP contribution in [0.5, 0.6) is 0 Å². The molecule has 0 atom stereocenters. The lowest BCUT2D eigenvalue weighted by molar-refractivity contribution is -0.125. The van der Waals surface area contributed by atoms with Crippen LogP contribution in [0.3, 0.4) is 0 Å². The monoisotopic (exact) mass is 461 g/mol. The number of carbonyl (C=O) groups is 2. The predicted octanol–water partition coefficient (Wildman–Crippen LogP) is 3.36. The molecule has 0 aliphatic heterocycles. The lowest BCUT2D eigenvalue weighted by Gasteiger charge is -2.20. The van der Waals surface area contributed by atoms with Gasteiger partial charge in [0.15, 0.2) is 0 Å². The first-order valence-electron chi connectivity index (χ1n) is 10.7. The molecule has 9 heteroatoms. The average Bonchev–Trinajstić information content (AvgIpc) is 2.78. The first-order valence-corrected chi connectivity index (χ1v) is 12.2. The summed E-state index contributed by atoms with van der Waals surface area (Å²) in [5, 5.41) is 5.56. The van der Waals surface area contributed by atoms with Gasteiger partial charge in [0, 0.05) is 30.3 Å². The van der Waals surface area contributed by atoms with Gasteiger partial charge in [0.25, 0.3) is 15.9 Å². The van der Waals surface area contributed by atoms with E-state index in [0.717, 1.165) is 31.7 Å². The second kappa shape index (κ2) is 10.6. The summed E-state index contributed by atoms with van der Waals surface area (Å²) in [5.41, 5.74) is 0.792.